The lowest BCUT2D eigenvalue weighted by Crippen LogP contribution is -2.44. The Kier molecular flexibility index (Phi) is 4.97. The van der Waals surface area contributed by atoms with Crippen molar-refractivity contribution in [3.8, 4) is 0 Å². The molecule has 0 heterocycles. The summed E-state index contributed by atoms with van der Waals surface area (Å²) in [5, 5.41) is 9.11. The molecule has 0 bridgehead atoms. The first-order chi connectivity index (χ1) is 7.07. The fourth-order valence-corrected chi connectivity index (χ4v) is 1.70. The Labute approximate surface area is 97.6 Å². The second-order valence-corrected chi connectivity index (χ2v) is 5.75. The van der Waals surface area contributed by atoms with E-state index in [1.165, 1.54) is 4.90 Å². The first-order valence-corrected chi connectivity index (χ1v) is 5.55. The van der Waals surface area contributed by atoms with Gasteiger partial charge < -0.3 is 10.0 Å². The first-order valence-electron chi connectivity index (χ1n) is 5.55. The Hall–Kier alpha value is -1.06. The summed E-state index contributed by atoms with van der Waals surface area (Å²) in [6.45, 7) is 9.89. The lowest BCUT2D eigenvalue weighted by atomic mass is 9.80. The van der Waals surface area contributed by atoms with E-state index >= 15 is 0 Å². The highest BCUT2D eigenvalue weighted by Crippen LogP contribution is 2.27. The van der Waals surface area contributed by atoms with E-state index in [0.717, 1.165) is 0 Å². The molecule has 0 saturated carbocycles. The van der Waals surface area contributed by atoms with Crippen molar-refractivity contribution in [2.24, 2.45) is 17.3 Å². The Morgan fingerprint density at radius 1 is 1.25 bits per heavy atom. The summed E-state index contributed by atoms with van der Waals surface area (Å²) in [5.74, 6) is -2.00. The van der Waals surface area contributed by atoms with Gasteiger partial charge in [0.2, 0.25) is 5.91 Å². The number of aliphatic carboxylic acids is 1. The van der Waals surface area contributed by atoms with Crippen LogP contribution in [0.25, 0.3) is 0 Å². The van der Waals surface area contributed by atoms with Crippen LogP contribution in [-0.2, 0) is 9.59 Å². The van der Waals surface area contributed by atoms with Crippen LogP contribution in [0.1, 0.15) is 34.6 Å². The van der Waals surface area contributed by atoms with Crippen molar-refractivity contribution in [3.63, 3.8) is 0 Å². The number of carbonyl (C=O) groups excluding carboxylic acids is 1. The minimum atomic E-state index is -1.05. The van der Waals surface area contributed by atoms with Gasteiger partial charge in [-0.05, 0) is 11.3 Å². The zero-order chi connectivity index (χ0) is 13.1. The molecule has 1 unspecified atom stereocenters. The van der Waals surface area contributed by atoms with E-state index in [4.69, 9.17) is 5.11 Å². The molecule has 1 atom stereocenters. The largest absolute Gasteiger partial charge is 0.481 e. The van der Waals surface area contributed by atoms with Crippen molar-refractivity contribution in [1.82, 2.24) is 4.90 Å². The van der Waals surface area contributed by atoms with Gasteiger partial charge in [0.05, 0.1) is 0 Å². The minimum Gasteiger partial charge on any atom is -0.481 e. The zero-order valence-electron chi connectivity index (χ0n) is 11.1. The van der Waals surface area contributed by atoms with Crippen LogP contribution in [0.4, 0.5) is 0 Å². The Balaban J connectivity index is 4.83. The van der Waals surface area contributed by atoms with Crippen LogP contribution >= 0.6 is 0 Å². The summed E-state index contributed by atoms with van der Waals surface area (Å²) >= 11 is 0. The Morgan fingerprint density at radius 2 is 1.69 bits per heavy atom. The molecule has 0 spiro atoms. The van der Waals surface area contributed by atoms with E-state index in [2.05, 4.69) is 0 Å². The van der Waals surface area contributed by atoms with Gasteiger partial charge in [-0.25, -0.2) is 0 Å². The Bertz CT molecular complexity index is 266. The monoisotopic (exact) mass is 229 g/mol. The lowest BCUT2D eigenvalue weighted by Gasteiger charge is -2.30. The SMILES string of the molecule is CC(C)CN(C)C(=O)C(C(=O)O)C(C)(C)C. The van der Waals surface area contributed by atoms with E-state index in [-0.39, 0.29) is 5.91 Å². The molecule has 0 aliphatic heterocycles. The summed E-state index contributed by atoms with van der Waals surface area (Å²) in [4.78, 5) is 24.7. The number of hydrogen-bond donors (Lipinski definition) is 1. The highest BCUT2D eigenvalue weighted by molar-refractivity contribution is 5.97. The van der Waals surface area contributed by atoms with Crippen LogP contribution in [0.15, 0.2) is 0 Å². The van der Waals surface area contributed by atoms with Crippen molar-refractivity contribution in [3.05, 3.63) is 0 Å². The van der Waals surface area contributed by atoms with Gasteiger partial charge in [0.25, 0.3) is 0 Å². The number of hydrogen-bond acceptors (Lipinski definition) is 2. The van der Waals surface area contributed by atoms with Crippen LogP contribution in [-0.4, -0.2) is 35.5 Å². The summed E-state index contributed by atoms with van der Waals surface area (Å²) < 4.78 is 0. The maximum atomic E-state index is 12.0. The third-order valence-corrected chi connectivity index (χ3v) is 2.38. The van der Waals surface area contributed by atoms with Gasteiger partial charge in [-0.3, -0.25) is 9.59 Å². The highest BCUT2D eigenvalue weighted by Gasteiger charge is 2.39. The van der Waals surface area contributed by atoms with Gasteiger partial charge in [-0.2, -0.15) is 0 Å². The summed E-state index contributed by atoms with van der Waals surface area (Å²) in [5.41, 5.74) is -0.561. The molecule has 4 heteroatoms. The van der Waals surface area contributed by atoms with Gasteiger partial charge in [0.1, 0.15) is 5.92 Å². The van der Waals surface area contributed by atoms with Crippen molar-refractivity contribution < 1.29 is 14.7 Å². The van der Waals surface area contributed by atoms with Gasteiger partial charge >= 0.3 is 5.97 Å². The van der Waals surface area contributed by atoms with E-state index in [1.54, 1.807) is 27.8 Å². The van der Waals surface area contributed by atoms with Crippen molar-refractivity contribution >= 4 is 11.9 Å². The molecule has 16 heavy (non-hydrogen) atoms. The molecular weight excluding hydrogens is 206 g/mol. The summed E-state index contributed by atoms with van der Waals surface area (Å²) in [6.07, 6.45) is 0. The minimum absolute atomic E-state index is 0.311. The van der Waals surface area contributed by atoms with Crippen LogP contribution in [0.2, 0.25) is 0 Å². The molecule has 0 fully saturated rings. The van der Waals surface area contributed by atoms with Crippen molar-refractivity contribution in [1.29, 1.82) is 0 Å². The van der Waals surface area contributed by atoms with Gasteiger partial charge in [-0.1, -0.05) is 34.6 Å². The first kappa shape index (κ1) is 14.9. The van der Waals surface area contributed by atoms with E-state index in [1.807, 2.05) is 13.8 Å². The fraction of sp³-hybridized carbons (Fsp3) is 0.833. The van der Waals surface area contributed by atoms with Gasteiger partial charge in [0, 0.05) is 13.6 Å². The maximum absolute atomic E-state index is 12.0. The summed E-state index contributed by atoms with van der Waals surface area (Å²) in [6, 6.07) is 0. The second kappa shape index (κ2) is 5.32. The normalized spacial score (nSPS) is 13.7. The van der Waals surface area contributed by atoms with Crippen LogP contribution < -0.4 is 0 Å². The number of nitrogens with zero attached hydrogens (tertiary/aromatic N) is 1. The van der Waals surface area contributed by atoms with Crippen LogP contribution in [0.3, 0.4) is 0 Å². The molecule has 0 aliphatic carbocycles. The second-order valence-electron chi connectivity index (χ2n) is 5.75. The highest BCUT2D eigenvalue weighted by atomic mass is 16.4. The van der Waals surface area contributed by atoms with Crippen LogP contribution in [0.5, 0.6) is 0 Å². The van der Waals surface area contributed by atoms with E-state index < -0.39 is 17.3 Å². The zero-order valence-corrected chi connectivity index (χ0v) is 11.1. The topological polar surface area (TPSA) is 57.6 Å². The van der Waals surface area contributed by atoms with Gasteiger partial charge in [-0.15, -0.1) is 0 Å². The number of carboxylic acids is 1. The predicted octanol–water partition coefficient (Wildman–Crippen LogP) is 1.85. The Morgan fingerprint density at radius 3 is 1.94 bits per heavy atom. The molecule has 1 N–H and O–H groups in total. The third kappa shape index (κ3) is 4.21. The van der Waals surface area contributed by atoms with E-state index in [0.29, 0.717) is 12.5 Å². The maximum Gasteiger partial charge on any atom is 0.316 e. The molecule has 0 aliphatic rings. The lowest BCUT2D eigenvalue weighted by molar-refractivity contribution is -0.155. The number of amides is 1. The molecule has 0 aromatic rings. The van der Waals surface area contributed by atoms with Gasteiger partial charge in [0.15, 0.2) is 0 Å². The molecule has 0 aromatic heterocycles. The molecule has 0 radical (unpaired) electrons. The molecule has 0 aromatic carbocycles. The molecule has 94 valence electrons. The summed E-state index contributed by atoms with van der Waals surface area (Å²) in [7, 11) is 1.66. The van der Waals surface area contributed by atoms with Crippen molar-refractivity contribution in [2.45, 2.75) is 34.6 Å². The third-order valence-electron chi connectivity index (χ3n) is 2.38. The predicted molar refractivity (Wildman–Crippen MR) is 63.1 cm³/mol. The average molecular weight is 229 g/mol. The molecule has 4 nitrogen and oxygen atoms in total. The molecular formula is C12H23NO3. The van der Waals surface area contributed by atoms with E-state index in [9.17, 15) is 9.59 Å². The molecule has 0 saturated heterocycles. The fourth-order valence-electron chi connectivity index (χ4n) is 1.70. The molecule has 1 amide bonds. The number of rotatable bonds is 4. The quantitative estimate of drug-likeness (QED) is 0.748. The van der Waals surface area contributed by atoms with Crippen molar-refractivity contribution in [2.75, 3.05) is 13.6 Å². The smallest absolute Gasteiger partial charge is 0.316 e. The molecule has 0 rings (SSSR count). The van der Waals surface area contributed by atoms with Crippen LogP contribution in [0, 0.1) is 17.3 Å². The number of carboxylic acid groups (broad SMARTS) is 1. The standard InChI is InChI=1S/C12H23NO3/c1-8(2)7-13(6)10(14)9(11(15)16)12(3,4)5/h8-9H,7H2,1-6H3,(H,15,16). The number of carbonyl (C=O) groups is 2. The average Bonchev–Trinajstić information content (AvgIpc) is 1.98.